The van der Waals surface area contributed by atoms with Crippen molar-refractivity contribution in [2.24, 2.45) is 4.99 Å². The Morgan fingerprint density at radius 1 is 1.11 bits per heavy atom. The second-order valence-corrected chi connectivity index (χ2v) is 5.85. The van der Waals surface area contributed by atoms with Gasteiger partial charge in [-0.2, -0.15) is 13.2 Å². The molecule has 8 heteroatoms. The van der Waals surface area contributed by atoms with Crippen LogP contribution < -0.4 is 15.4 Å². The van der Waals surface area contributed by atoms with Crippen molar-refractivity contribution in [1.82, 2.24) is 15.6 Å². The van der Waals surface area contributed by atoms with Crippen LogP contribution in [0.1, 0.15) is 23.6 Å². The summed E-state index contributed by atoms with van der Waals surface area (Å²) in [5.74, 6) is 0.500. The zero-order valence-electron chi connectivity index (χ0n) is 15.3. The monoisotopic (exact) mass is 380 g/mol. The van der Waals surface area contributed by atoms with E-state index in [0.29, 0.717) is 24.6 Å². The van der Waals surface area contributed by atoms with Crippen molar-refractivity contribution >= 4 is 5.96 Å². The number of aryl methyl sites for hydroxylation is 1. The van der Waals surface area contributed by atoms with E-state index in [1.807, 2.05) is 38.1 Å². The highest BCUT2D eigenvalue weighted by Gasteiger charge is 2.29. The van der Waals surface area contributed by atoms with Gasteiger partial charge in [-0.3, -0.25) is 0 Å². The summed E-state index contributed by atoms with van der Waals surface area (Å²) in [6.45, 7) is 3.97. The lowest BCUT2D eigenvalue weighted by Gasteiger charge is -2.14. The number of nitrogens with zero attached hydrogens (tertiary/aromatic N) is 2. The molecule has 1 aromatic heterocycles. The smallest absolute Gasteiger partial charge is 0.422 e. The number of guanidine groups is 1. The SMILES string of the molecule is CCNC(=NCc1cccnc1OCC(F)(F)F)NCc1ccccc1C. The van der Waals surface area contributed by atoms with E-state index in [1.54, 1.807) is 12.1 Å². The summed E-state index contributed by atoms with van der Waals surface area (Å²) in [4.78, 5) is 8.31. The van der Waals surface area contributed by atoms with E-state index in [2.05, 4.69) is 20.6 Å². The highest BCUT2D eigenvalue weighted by molar-refractivity contribution is 5.79. The number of nitrogens with one attached hydrogen (secondary N) is 2. The molecular formula is C19H23F3N4O. The van der Waals surface area contributed by atoms with E-state index in [-0.39, 0.29) is 12.4 Å². The van der Waals surface area contributed by atoms with Gasteiger partial charge in [-0.05, 0) is 31.0 Å². The average molecular weight is 380 g/mol. The van der Waals surface area contributed by atoms with Crippen LogP contribution in [0.5, 0.6) is 5.88 Å². The Balaban J connectivity index is 2.05. The number of pyridine rings is 1. The van der Waals surface area contributed by atoms with Gasteiger partial charge in [0.25, 0.3) is 0 Å². The first-order valence-electron chi connectivity index (χ1n) is 8.59. The summed E-state index contributed by atoms with van der Waals surface area (Å²) in [5.41, 5.74) is 2.78. The molecule has 2 N–H and O–H groups in total. The van der Waals surface area contributed by atoms with Crippen molar-refractivity contribution in [2.45, 2.75) is 33.1 Å². The summed E-state index contributed by atoms with van der Waals surface area (Å²) in [6, 6.07) is 11.3. The molecule has 0 spiro atoms. The largest absolute Gasteiger partial charge is 0.468 e. The third-order valence-corrected chi connectivity index (χ3v) is 3.68. The van der Waals surface area contributed by atoms with E-state index in [4.69, 9.17) is 4.74 Å². The van der Waals surface area contributed by atoms with Gasteiger partial charge in [0.2, 0.25) is 5.88 Å². The predicted molar refractivity (Wildman–Crippen MR) is 98.6 cm³/mol. The number of benzene rings is 1. The number of rotatable bonds is 7. The number of aliphatic imine (C=N–C) groups is 1. The maximum atomic E-state index is 12.4. The van der Waals surface area contributed by atoms with Crippen LogP contribution in [0.3, 0.4) is 0 Å². The molecule has 0 amide bonds. The number of hydrogen-bond donors (Lipinski definition) is 2. The summed E-state index contributed by atoms with van der Waals surface area (Å²) in [7, 11) is 0. The molecule has 146 valence electrons. The van der Waals surface area contributed by atoms with Gasteiger partial charge in [0, 0.05) is 24.8 Å². The lowest BCUT2D eigenvalue weighted by molar-refractivity contribution is -0.154. The van der Waals surface area contributed by atoms with Gasteiger partial charge in [-0.15, -0.1) is 0 Å². The topological polar surface area (TPSA) is 58.5 Å². The third kappa shape index (κ3) is 7.16. The van der Waals surface area contributed by atoms with Crippen molar-refractivity contribution in [2.75, 3.05) is 13.2 Å². The molecule has 0 unspecified atom stereocenters. The molecule has 0 fully saturated rings. The van der Waals surface area contributed by atoms with Crippen molar-refractivity contribution in [3.8, 4) is 5.88 Å². The molecule has 0 aliphatic rings. The van der Waals surface area contributed by atoms with Crippen LogP contribution in [0.4, 0.5) is 13.2 Å². The molecule has 0 saturated carbocycles. The second-order valence-electron chi connectivity index (χ2n) is 5.85. The molecule has 0 bridgehead atoms. The molecular weight excluding hydrogens is 357 g/mol. The van der Waals surface area contributed by atoms with E-state index >= 15 is 0 Å². The summed E-state index contributed by atoms with van der Waals surface area (Å²) < 4.78 is 41.9. The molecule has 5 nitrogen and oxygen atoms in total. The lowest BCUT2D eigenvalue weighted by Crippen LogP contribution is -2.37. The number of ether oxygens (including phenoxy) is 1. The van der Waals surface area contributed by atoms with Gasteiger partial charge < -0.3 is 15.4 Å². The Bertz CT molecular complexity index is 763. The van der Waals surface area contributed by atoms with Crippen LogP contribution in [-0.4, -0.2) is 30.3 Å². The summed E-state index contributed by atoms with van der Waals surface area (Å²) in [5, 5.41) is 6.34. The van der Waals surface area contributed by atoms with Gasteiger partial charge >= 0.3 is 6.18 Å². The van der Waals surface area contributed by atoms with E-state index in [1.165, 1.54) is 6.20 Å². The minimum atomic E-state index is -4.41. The Hall–Kier alpha value is -2.77. The maximum absolute atomic E-state index is 12.4. The Labute approximate surface area is 156 Å². The number of alkyl halides is 3. The number of hydrogen-bond acceptors (Lipinski definition) is 3. The number of aromatic nitrogens is 1. The van der Waals surface area contributed by atoms with Crippen molar-refractivity contribution in [1.29, 1.82) is 0 Å². The van der Waals surface area contributed by atoms with Crippen LogP contribution in [0.2, 0.25) is 0 Å². The average Bonchev–Trinajstić information content (AvgIpc) is 2.63. The van der Waals surface area contributed by atoms with Crippen LogP contribution in [-0.2, 0) is 13.1 Å². The summed E-state index contributed by atoms with van der Waals surface area (Å²) in [6.07, 6.45) is -3.03. The molecule has 2 rings (SSSR count). The first-order valence-corrected chi connectivity index (χ1v) is 8.59. The first-order chi connectivity index (χ1) is 12.9. The van der Waals surface area contributed by atoms with Gasteiger partial charge in [0.1, 0.15) is 0 Å². The molecule has 0 saturated heterocycles. The number of halogens is 3. The maximum Gasteiger partial charge on any atom is 0.422 e. The summed E-state index contributed by atoms with van der Waals surface area (Å²) >= 11 is 0. The fourth-order valence-corrected chi connectivity index (χ4v) is 2.32. The normalized spacial score (nSPS) is 12.0. The zero-order chi connectivity index (χ0) is 19.7. The van der Waals surface area contributed by atoms with Crippen LogP contribution in [0.25, 0.3) is 0 Å². The zero-order valence-corrected chi connectivity index (χ0v) is 15.3. The lowest BCUT2D eigenvalue weighted by atomic mass is 10.1. The highest BCUT2D eigenvalue weighted by atomic mass is 19.4. The second kappa shape index (κ2) is 9.80. The van der Waals surface area contributed by atoms with Gasteiger partial charge in [0.05, 0.1) is 6.54 Å². The Morgan fingerprint density at radius 3 is 2.56 bits per heavy atom. The predicted octanol–water partition coefficient (Wildman–Crippen LogP) is 3.59. The molecule has 1 aromatic carbocycles. The molecule has 2 aromatic rings. The van der Waals surface area contributed by atoms with Crippen LogP contribution >= 0.6 is 0 Å². The fraction of sp³-hybridized carbons (Fsp3) is 0.368. The van der Waals surface area contributed by atoms with Gasteiger partial charge in [0.15, 0.2) is 12.6 Å². The van der Waals surface area contributed by atoms with Crippen molar-refractivity contribution in [3.63, 3.8) is 0 Å². The quantitative estimate of drug-likeness (QED) is 0.569. The molecule has 27 heavy (non-hydrogen) atoms. The molecule has 0 aliphatic carbocycles. The van der Waals surface area contributed by atoms with Crippen molar-refractivity contribution < 1.29 is 17.9 Å². The van der Waals surface area contributed by atoms with Gasteiger partial charge in [-0.1, -0.05) is 30.3 Å². The molecule has 0 radical (unpaired) electrons. The Morgan fingerprint density at radius 2 is 1.85 bits per heavy atom. The van der Waals surface area contributed by atoms with Gasteiger partial charge in [-0.25, -0.2) is 9.98 Å². The minimum Gasteiger partial charge on any atom is -0.468 e. The van der Waals surface area contributed by atoms with E-state index < -0.39 is 12.8 Å². The minimum absolute atomic E-state index is 0.0617. The standard InChI is InChI=1S/C19H23F3N4O/c1-3-23-18(25-11-15-8-5-4-7-14(15)2)26-12-16-9-6-10-24-17(16)27-13-19(20,21)22/h4-10H,3,11-13H2,1-2H3,(H2,23,25,26). The van der Waals surface area contributed by atoms with E-state index in [9.17, 15) is 13.2 Å². The Kier molecular flexibility index (Phi) is 7.45. The highest BCUT2D eigenvalue weighted by Crippen LogP contribution is 2.20. The van der Waals surface area contributed by atoms with Crippen LogP contribution in [0, 0.1) is 6.92 Å². The van der Waals surface area contributed by atoms with Crippen LogP contribution in [0.15, 0.2) is 47.6 Å². The molecule has 0 atom stereocenters. The molecule has 1 heterocycles. The molecule has 0 aliphatic heterocycles. The van der Waals surface area contributed by atoms with E-state index in [0.717, 1.165) is 11.1 Å². The first kappa shape index (κ1) is 20.5. The third-order valence-electron chi connectivity index (χ3n) is 3.68. The van der Waals surface area contributed by atoms with Crippen molar-refractivity contribution in [3.05, 3.63) is 59.3 Å². The fourth-order valence-electron chi connectivity index (χ4n) is 2.32.